The maximum absolute atomic E-state index is 11.2. The van der Waals surface area contributed by atoms with Crippen molar-refractivity contribution < 1.29 is 34.3 Å². The molecule has 0 aromatic rings. The van der Waals surface area contributed by atoms with Crippen LogP contribution in [0.25, 0.3) is 0 Å². The molecule has 0 amide bonds. The zero-order chi connectivity index (χ0) is 15.9. The summed E-state index contributed by atoms with van der Waals surface area (Å²) >= 11 is 4.25. The van der Waals surface area contributed by atoms with Crippen LogP contribution in [0.5, 0.6) is 0 Å². The Kier molecular flexibility index (Phi) is 21.1. The SMILES string of the molecule is CCOC=[C-]C(F)(F)F.CN(C)CCN(C)C.[Zn+][Br]. The number of alkyl halides is 3. The van der Waals surface area contributed by atoms with E-state index in [0.717, 1.165) is 19.2 Å². The minimum atomic E-state index is -4.38. The van der Waals surface area contributed by atoms with Crippen LogP contribution in [0.1, 0.15) is 6.92 Å². The summed E-state index contributed by atoms with van der Waals surface area (Å²) in [7, 11) is 8.35. The van der Waals surface area contributed by atoms with E-state index in [1.54, 1.807) is 6.92 Å². The molecule has 0 bridgehead atoms. The summed E-state index contributed by atoms with van der Waals surface area (Å²) in [5.74, 6) is 0. The van der Waals surface area contributed by atoms with E-state index < -0.39 is 6.18 Å². The molecule has 0 spiro atoms. The van der Waals surface area contributed by atoms with Crippen LogP contribution in [-0.2, 0) is 21.1 Å². The van der Waals surface area contributed by atoms with Gasteiger partial charge in [0.2, 0.25) is 0 Å². The summed E-state index contributed by atoms with van der Waals surface area (Å²) in [5, 5.41) is 0. The van der Waals surface area contributed by atoms with Crippen molar-refractivity contribution >= 4 is 13.6 Å². The summed E-state index contributed by atoms with van der Waals surface area (Å²) < 4.78 is 37.7. The number of likely N-dealkylation sites (N-methyl/N-ethyl adjacent to an activating group) is 2. The topological polar surface area (TPSA) is 15.7 Å². The van der Waals surface area contributed by atoms with Gasteiger partial charge in [0.05, 0.1) is 6.61 Å². The van der Waals surface area contributed by atoms with E-state index in [-0.39, 0.29) is 6.61 Å². The average molecular weight is 401 g/mol. The van der Waals surface area contributed by atoms with Crippen molar-refractivity contribution in [1.82, 2.24) is 9.80 Å². The normalized spacial score (nSPS) is 11.0. The second kappa shape index (κ2) is 16.4. The number of hydrogen-bond donors (Lipinski definition) is 0. The third-order valence-corrected chi connectivity index (χ3v) is 1.47. The monoisotopic (exact) mass is 398 g/mol. The Morgan fingerprint density at radius 1 is 1.11 bits per heavy atom. The molecule has 0 saturated heterocycles. The molecule has 112 valence electrons. The van der Waals surface area contributed by atoms with Crippen LogP contribution in [0.15, 0.2) is 6.26 Å². The predicted octanol–water partition coefficient (Wildman–Crippen LogP) is 2.85. The van der Waals surface area contributed by atoms with Crippen molar-refractivity contribution in [1.29, 1.82) is 0 Å². The molecule has 19 heavy (non-hydrogen) atoms. The summed E-state index contributed by atoms with van der Waals surface area (Å²) in [5.41, 5.74) is 0. The summed E-state index contributed by atoms with van der Waals surface area (Å²) in [6.45, 7) is 4.11. The molecular weight excluding hydrogens is 378 g/mol. The van der Waals surface area contributed by atoms with Gasteiger partial charge in [-0.05, 0) is 35.1 Å². The van der Waals surface area contributed by atoms with Crippen LogP contribution >= 0.6 is 13.6 Å². The van der Waals surface area contributed by atoms with Gasteiger partial charge in [-0.15, -0.1) is 0 Å². The van der Waals surface area contributed by atoms with E-state index >= 15 is 0 Å². The van der Waals surface area contributed by atoms with Gasteiger partial charge in [-0.2, -0.15) is 0 Å². The second-order valence-electron chi connectivity index (χ2n) is 3.82. The quantitative estimate of drug-likeness (QED) is 0.401. The van der Waals surface area contributed by atoms with Gasteiger partial charge in [0.15, 0.2) is 0 Å². The minimum absolute atomic E-state index is 0.225. The molecule has 8 heteroatoms. The Labute approximate surface area is 131 Å². The Bertz CT molecular complexity index is 195. The van der Waals surface area contributed by atoms with Crippen molar-refractivity contribution in [2.75, 3.05) is 47.9 Å². The molecule has 0 unspecified atom stereocenters. The molecule has 0 aliphatic heterocycles. The van der Waals surface area contributed by atoms with Crippen LogP contribution < -0.4 is 0 Å². The van der Waals surface area contributed by atoms with E-state index in [4.69, 9.17) is 0 Å². The fraction of sp³-hybridized carbons (Fsp3) is 0.818. The molecule has 0 aromatic carbocycles. The van der Waals surface area contributed by atoms with Gasteiger partial charge in [-0.25, -0.2) is 13.2 Å². The van der Waals surface area contributed by atoms with Gasteiger partial charge >= 0.3 is 30.0 Å². The molecule has 0 saturated carbocycles. The second-order valence-corrected chi connectivity index (χ2v) is 3.82. The van der Waals surface area contributed by atoms with Gasteiger partial charge in [0, 0.05) is 13.1 Å². The van der Waals surface area contributed by atoms with E-state index in [2.05, 4.69) is 56.4 Å². The third-order valence-electron chi connectivity index (χ3n) is 1.47. The summed E-state index contributed by atoms with van der Waals surface area (Å²) in [4.78, 5) is 4.36. The van der Waals surface area contributed by atoms with Crippen LogP contribution in [0, 0.1) is 6.08 Å². The molecule has 0 aliphatic rings. The van der Waals surface area contributed by atoms with Crippen molar-refractivity contribution in [2.45, 2.75) is 13.1 Å². The maximum atomic E-state index is 11.2. The first kappa shape index (κ1) is 24.4. The van der Waals surface area contributed by atoms with Gasteiger partial charge in [-0.1, -0.05) is 6.26 Å². The van der Waals surface area contributed by atoms with Gasteiger partial charge in [0.25, 0.3) is 6.18 Å². The zero-order valence-corrected chi connectivity index (χ0v) is 16.8. The number of ether oxygens (including phenoxy) is 1. The molecule has 0 heterocycles. The Hall–Kier alpha value is 0.353. The average Bonchev–Trinajstić information content (AvgIpc) is 2.29. The van der Waals surface area contributed by atoms with Crippen LogP contribution in [0.3, 0.4) is 0 Å². The van der Waals surface area contributed by atoms with Gasteiger partial charge < -0.3 is 20.6 Å². The fourth-order valence-electron chi connectivity index (χ4n) is 0.592. The number of nitrogens with zero attached hydrogens (tertiary/aromatic N) is 2. The van der Waals surface area contributed by atoms with Crippen molar-refractivity contribution in [2.24, 2.45) is 0 Å². The first-order valence-electron chi connectivity index (χ1n) is 5.53. The van der Waals surface area contributed by atoms with E-state index in [1.165, 1.54) is 16.3 Å². The Morgan fingerprint density at radius 3 is 1.68 bits per heavy atom. The molecule has 0 aromatic heterocycles. The van der Waals surface area contributed by atoms with Crippen LogP contribution in [-0.4, -0.2) is 63.9 Å². The number of allylic oxidation sites excluding steroid dienone is 1. The molecule has 0 rings (SSSR count). The number of hydrogen-bond acceptors (Lipinski definition) is 3. The Morgan fingerprint density at radius 2 is 1.47 bits per heavy atom. The fourth-order valence-corrected chi connectivity index (χ4v) is 0.592. The van der Waals surface area contributed by atoms with Crippen molar-refractivity contribution in [3.05, 3.63) is 12.3 Å². The first-order valence-corrected chi connectivity index (χ1v) is 12.5. The molecule has 0 fully saturated rings. The molecule has 0 atom stereocenters. The first-order chi connectivity index (χ1) is 8.69. The number of rotatable bonds is 5. The van der Waals surface area contributed by atoms with Gasteiger partial charge in [0.1, 0.15) is 0 Å². The Balaban J connectivity index is -0.000000239. The summed E-state index contributed by atoms with van der Waals surface area (Å²) in [6.07, 6.45) is -2.79. The standard InChI is InChI=1S/C6H16N2.C5H6F3O.BrH.Zn/c1-7(2)5-6-8(3)4;1-2-9-4-3-5(6,7)8;;/h5-6H2,1-4H3;4H,2H2,1H3;1H;/q;-1;;+2/p-1. The van der Waals surface area contributed by atoms with Crippen molar-refractivity contribution in [3.8, 4) is 0 Å². The summed E-state index contributed by atoms with van der Waals surface area (Å²) in [6, 6.07) is 0. The molecule has 0 radical (unpaired) electrons. The predicted molar refractivity (Wildman–Crippen MR) is 71.5 cm³/mol. The molecule has 3 nitrogen and oxygen atoms in total. The van der Waals surface area contributed by atoms with E-state index in [9.17, 15) is 13.2 Å². The van der Waals surface area contributed by atoms with E-state index in [1.807, 2.05) is 0 Å². The van der Waals surface area contributed by atoms with E-state index in [0.29, 0.717) is 6.26 Å². The number of halogens is 4. The van der Waals surface area contributed by atoms with Crippen LogP contribution in [0.4, 0.5) is 13.2 Å². The van der Waals surface area contributed by atoms with Gasteiger partial charge in [-0.3, -0.25) is 0 Å². The van der Waals surface area contributed by atoms with Crippen LogP contribution in [0.2, 0.25) is 0 Å². The molecular formula is C11H22BrF3N2OZn. The third kappa shape index (κ3) is 38.1. The zero-order valence-electron chi connectivity index (χ0n) is 12.2. The van der Waals surface area contributed by atoms with Crippen molar-refractivity contribution in [3.63, 3.8) is 0 Å². The molecule has 0 N–H and O–H groups in total. The molecule has 0 aliphatic carbocycles.